The number of nitrogens with zero attached hydrogens (tertiary/aromatic N) is 2. The van der Waals surface area contributed by atoms with Gasteiger partial charge in [-0.05, 0) is 25.0 Å². The summed E-state index contributed by atoms with van der Waals surface area (Å²) in [6.45, 7) is -0.264. The molecule has 1 N–H and O–H groups in total. The lowest BCUT2D eigenvalue weighted by atomic mass is 10.1. The van der Waals surface area contributed by atoms with E-state index in [-0.39, 0.29) is 34.6 Å². The van der Waals surface area contributed by atoms with Crippen molar-refractivity contribution in [2.45, 2.75) is 24.9 Å². The molecule has 0 amide bonds. The van der Waals surface area contributed by atoms with Crippen LogP contribution in [-0.2, 0) is 4.74 Å². The van der Waals surface area contributed by atoms with E-state index in [1.807, 2.05) is 0 Å². The van der Waals surface area contributed by atoms with Gasteiger partial charge in [0.25, 0.3) is 0 Å². The fraction of sp³-hybridized carbons (Fsp3) is 0.353. The molecule has 1 aliphatic carbocycles. The van der Waals surface area contributed by atoms with Crippen molar-refractivity contribution in [2.24, 2.45) is 0 Å². The molecule has 0 bridgehead atoms. The van der Waals surface area contributed by atoms with E-state index in [1.54, 1.807) is 6.07 Å². The van der Waals surface area contributed by atoms with Gasteiger partial charge in [0.05, 0.1) is 13.7 Å². The highest BCUT2D eigenvalue weighted by molar-refractivity contribution is 9.10. The van der Waals surface area contributed by atoms with Crippen molar-refractivity contribution in [3.63, 3.8) is 0 Å². The Morgan fingerprint density at radius 1 is 1.46 bits per heavy atom. The van der Waals surface area contributed by atoms with Gasteiger partial charge in [0.2, 0.25) is 0 Å². The maximum absolute atomic E-state index is 14.4. The number of benzene rings is 1. The van der Waals surface area contributed by atoms with Crippen LogP contribution in [0, 0.1) is 5.82 Å². The zero-order valence-corrected chi connectivity index (χ0v) is 16.1. The minimum Gasteiger partial charge on any atom is -0.464 e. The predicted molar refractivity (Wildman–Crippen MR) is 96.8 cm³/mol. The molecule has 1 atom stereocenters. The van der Waals surface area contributed by atoms with E-state index in [0.29, 0.717) is 10.3 Å². The van der Waals surface area contributed by atoms with E-state index in [4.69, 9.17) is 11.6 Å². The SMILES string of the molecule is COC(=O)c1nc(C2CC2)nc(NCC(F)c2ccc(Br)cc2F)c1Cl. The van der Waals surface area contributed by atoms with E-state index < -0.39 is 18.0 Å². The summed E-state index contributed by atoms with van der Waals surface area (Å²) in [5, 5.41) is 2.70. The molecule has 1 saturated carbocycles. The lowest BCUT2D eigenvalue weighted by Gasteiger charge is -2.14. The molecule has 0 aliphatic heterocycles. The van der Waals surface area contributed by atoms with Gasteiger partial charge >= 0.3 is 5.97 Å². The lowest BCUT2D eigenvalue weighted by Crippen LogP contribution is -2.15. The first kappa shape index (κ1) is 19.0. The number of carbonyl (C=O) groups excluding carboxylic acids is 1. The van der Waals surface area contributed by atoms with E-state index in [0.717, 1.165) is 12.8 Å². The van der Waals surface area contributed by atoms with Crippen LogP contribution >= 0.6 is 27.5 Å². The second-order valence-corrected chi connectivity index (χ2v) is 7.17. The minimum atomic E-state index is -1.62. The number of ether oxygens (including phenoxy) is 1. The number of hydrogen-bond acceptors (Lipinski definition) is 5. The molecule has 26 heavy (non-hydrogen) atoms. The predicted octanol–water partition coefficient (Wildman–Crippen LogP) is 4.82. The number of halogens is 4. The molecular weight excluding hydrogens is 432 g/mol. The summed E-state index contributed by atoms with van der Waals surface area (Å²) in [6, 6.07) is 4.12. The Morgan fingerprint density at radius 3 is 2.81 bits per heavy atom. The van der Waals surface area contributed by atoms with E-state index in [1.165, 1.54) is 19.2 Å². The smallest absolute Gasteiger partial charge is 0.358 e. The van der Waals surface area contributed by atoms with Gasteiger partial charge in [-0.3, -0.25) is 0 Å². The first-order valence-corrected chi connectivity index (χ1v) is 9.06. The normalized spacial score (nSPS) is 14.8. The van der Waals surface area contributed by atoms with Gasteiger partial charge in [-0.2, -0.15) is 0 Å². The van der Waals surface area contributed by atoms with Gasteiger partial charge in [0, 0.05) is 16.0 Å². The van der Waals surface area contributed by atoms with Crippen LogP contribution in [0.3, 0.4) is 0 Å². The number of aromatic nitrogens is 2. The molecule has 2 aromatic rings. The van der Waals surface area contributed by atoms with Crippen LogP contribution in [0.1, 0.15) is 46.8 Å². The zero-order chi connectivity index (χ0) is 18.8. The van der Waals surface area contributed by atoms with Crippen molar-refractivity contribution in [1.82, 2.24) is 9.97 Å². The van der Waals surface area contributed by atoms with Crippen LogP contribution in [0.25, 0.3) is 0 Å². The molecular formula is C17H15BrClF2N3O2. The molecule has 9 heteroatoms. The highest BCUT2D eigenvalue weighted by Crippen LogP contribution is 2.40. The molecule has 1 fully saturated rings. The number of methoxy groups -OCH3 is 1. The first-order chi connectivity index (χ1) is 12.4. The van der Waals surface area contributed by atoms with Gasteiger partial charge < -0.3 is 10.1 Å². The van der Waals surface area contributed by atoms with Crippen LogP contribution < -0.4 is 5.32 Å². The van der Waals surface area contributed by atoms with Gasteiger partial charge in [0.15, 0.2) is 5.69 Å². The maximum atomic E-state index is 14.4. The van der Waals surface area contributed by atoms with Crippen molar-refractivity contribution in [1.29, 1.82) is 0 Å². The fourth-order valence-electron chi connectivity index (χ4n) is 2.39. The van der Waals surface area contributed by atoms with Crippen molar-refractivity contribution in [2.75, 3.05) is 19.0 Å². The third-order valence-corrected chi connectivity index (χ3v) is 4.79. The number of esters is 1. The highest BCUT2D eigenvalue weighted by Gasteiger charge is 2.30. The van der Waals surface area contributed by atoms with Crippen LogP contribution in [0.5, 0.6) is 0 Å². The zero-order valence-electron chi connectivity index (χ0n) is 13.7. The number of hydrogen-bond donors (Lipinski definition) is 1. The summed E-state index contributed by atoms with van der Waals surface area (Å²) in [4.78, 5) is 20.3. The van der Waals surface area contributed by atoms with E-state index >= 15 is 0 Å². The van der Waals surface area contributed by atoms with Crippen molar-refractivity contribution in [3.8, 4) is 0 Å². The van der Waals surface area contributed by atoms with Gasteiger partial charge in [-0.25, -0.2) is 23.5 Å². The number of carbonyl (C=O) groups is 1. The molecule has 1 unspecified atom stereocenters. The van der Waals surface area contributed by atoms with Gasteiger partial charge in [-0.15, -0.1) is 0 Å². The Balaban J connectivity index is 1.82. The summed E-state index contributed by atoms with van der Waals surface area (Å²) >= 11 is 9.30. The highest BCUT2D eigenvalue weighted by atomic mass is 79.9. The number of rotatable bonds is 6. The van der Waals surface area contributed by atoms with Gasteiger partial charge in [-0.1, -0.05) is 33.6 Å². The number of anilines is 1. The Bertz CT molecular complexity index is 849. The summed E-state index contributed by atoms with van der Waals surface area (Å²) in [5.74, 6) is -0.609. The second kappa shape index (κ2) is 7.84. The third kappa shape index (κ3) is 4.12. The van der Waals surface area contributed by atoms with Crippen LogP contribution in [0.4, 0.5) is 14.6 Å². The summed E-state index contributed by atoms with van der Waals surface area (Å²) in [7, 11) is 1.22. The standard InChI is InChI=1S/C17H15BrClF2N3O2/c1-26-17(25)14-13(19)16(24-15(23-14)8-2-3-8)22-7-12(21)10-5-4-9(18)6-11(10)20/h4-6,8,12H,2-3,7H2,1H3,(H,22,23,24). The monoisotopic (exact) mass is 445 g/mol. The van der Waals surface area contributed by atoms with E-state index in [9.17, 15) is 13.6 Å². The summed E-state index contributed by atoms with van der Waals surface area (Å²) in [6.07, 6.45) is 0.204. The Morgan fingerprint density at radius 2 is 2.19 bits per heavy atom. The molecule has 1 aliphatic rings. The van der Waals surface area contributed by atoms with E-state index in [2.05, 4.69) is 36.0 Å². The van der Waals surface area contributed by atoms with Crippen LogP contribution in [0.15, 0.2) is 22.7 Å². The van der Waals surface area contributed by atoms with Crippen molar-refractivity contribution < 1.29 is 18.3 Å². The fourth-order valence-corrected chi connectivity index (χ4v) is 2.95. The third-order valence-electron chi connectivity index (χ3n) is 3.94. The van der Waals surface area contributed by atoms with Crippen LogP contribution in [0.2, 0.25) is 5.02 Å². The molecule has 0 saturated heterocycles. The summed E-state index contributed by atoms with van der Waals surface area (Å²) in [5.41, 5.74) is -0.153. The molecule has 5 nitrogen and oxygen atoms in total. The Kier molecular flexibility index (Phi) is 5.72. The Hall–Kier alpha value is -1.80. The average Bonchev–Trinajstić information content (AvgIpc) is 3.45. The van der Waals surface area contributed by atoms with Crippen molar-refractivity contribution in [3.05, 3.63) is 50.6 Å². The molecule has 1 aromatic carbocycles. The summed E-state index contributed by atoms with van der Waals surface area (Å²) < 4.78 is 33.5. The lowest BCUT2D eigenvalue weighted by molar-refractivity contribution is 0.0593. The average molecular weight is 447 g/mol. The molecule has 1 aromatic heterocycles. The largest absolute Gasteiger partial charge is 0.464 e. The molecule has 0 radical (unpaired) electrons. The topological polar surface area (TPSA) is 64.1 Å². The van der Waals surface area contributed by atoms with Crippen molar-refractivity contribution >= 4 is 39.3 Å². The Labute approximate surface area is 162 Å². The number of alkyl halides is 1. The molecule has 3 rings (SSSR count). The van der Waals surface area contributed by atoms with Crippen LogP contribution in [-0.4, -0.2) is 29.6 Å². The molecule has 0 spiro atoms. The second-order valence-electron chi connectivity index (χ2n) is 5.87. The quantitative estimate of drug-likeness (QED) is 0.645. The molecule has 1 heterocycles. The molecule has 138 valence electrons. The van der Waals surface area contributed by atoms with Gasteiger partial charge in [0.1, 0.15) is 28.7 Å². The minimum absolute atomic E-state index is 0.0512. The maximum Gasteiger partial charge on any atom is 0.358 e. The number of nitrogens with one attached hydrogen (secondary N) is 1. The first-order valence-electron chi connectivity index (χ1n) is 7.89.